The van der Waals surface area contributed by atoms with E-state index in [1.807, 2.05) is 0 Å². The molecule has 1 aliphatic carbocycles. The van der Waals surface area contributed by atoms with Crippen molar-refractivity contribution in [2.24, 2.45) is 0 Å². The van der Waals surface area contributed by atoms with Crippen LogP contribution >= 0.6 is 11.3 Å². The maximum absolute atomic E-state index is 13.0. The van der Waals surface area contributed by atoms with Gasteiger partial charge in [-0.2, -0.15) is 5.10 Å². The second-order valence-corrected chi connectivity index (χ2v) is 10.2. The van der Waals surface area contributed by atoms with Crippen molar-refractivity contribution in [3.63, 3.8) is 0 Å². The lowest BCUT2D eigenvalue weighted by Crippen LogP contribution is -2.49. The zero-order chi connectivity index (χ0) is 23.7. The van der Waals surface area contributed by atoms with E-state index < -0.39 is 0 Å². The van der Waals surface area contributed by atoms with E-state index >= 15 is 0 Å². The number of piperazine rings is 1. The summed E-state index contributed by atoms with van der Waals surface area (Å²) in [5.74, 6) is 0.530. The molecule has 1 aliphatic heterocycles. The molecular formula is C24H30N6O3S. The van der Waals surface area contributed by atoms with Crippen LogP contribution in [0.1, 0.15) is 59.4 Å². The minimum Gasteiger partial charge on any atom is -0.335 e. The topological polar surface area (TPSA) is 104 Å². The number of hydrogen-bond donors (Lipinski definition) is 1. The summed E-state index contributed by atoms with van der Waals surface area (Å²) in [6, 6.07) is 2.94. The van der Waals surface area contributed by atoms with E-state index in [4.69, 9.17) is 4.98 Å². The lowest BCUT2D eigenvalue weighted by molar-refractivity contribution is 0.0617. The molecular weight excluding hydrogens is 452 g/mol. The van der Waals surface area contributed by atoms with Crippen LogP contribution in [-0.2, 0) is 25.9 Å². The monoisotopic (exact) mass is 482 g/mol. The predicted molar refractivity (Wildman–Crippen MR) is 131 cm³/mol. The lowest BCUT2D eigenvalue weighted by atomic mass is 9.97. The number of aromatic amines is 1. The number of H-pyrrole nitrogens is 1. The third kappa shape index (κ3) is 4.56. The molecule has 34 heavy (non-hydrogen) atoms. The number of nitrogens with one attached hydrogen (secondary N) is 1. The predicted octanol–water partition coefficient (Wildman–Crippen LogP) is 2.18. The average molecular weight is 483 g/mol. The van der Waals surface area contributed by atoms with Crippen LogP contribution in [-0.4, -0.2) is 61.6 Å². The Labute approximate surface area is 201 Å². The Hall–Kier alpha value is -2.85. The molecule has 1 fully saturated rings. The van der Waals surface area contributed by atoms with Crippen molar-refractivity contribution in [3.05, 3.63) is 54.8 Å². The Morgan fingerprint density at radius 2 is 1.91 bits per heavy atom. The molecule has 5 rings (SSSR count). The van der Waals surface area contributed by atoms with E-state index in [0.717, 1.165) is 42.3 Å². The van der Waals surface area contributed by atoms with Crippen LogP contribution in [0.2, 0.25) is 0 Å². The zero-order valence-corrected chi connectivity index (χ0v) is 20.3. The summed E-state index contributed by atoms with van der Waals surface area (Å²) >= 11 is 1.67. The Morgan fingerprint density at radius 1 is 1.12 bits per heavy atom. The van der Waals surface area contributed by atoms with Crippen molar-refractivity contribution in [2.75, 3.05) is 26.2 Å². The zero-order valence-electron chi connectivity index (χ0n) is 19.5. The summed E-state index contributed by atoms with van der Waals surface area (Å²) in [5.41, 5.74) is 1.30. The minimum absolute atomic E-state index is 0.0301. The first-order chi connectivity index (χ1) is 16.5. The van der Waals surface area contributed by atoms with Gasteiger partial charge in [-0.1, -0.05) is 13.3 Å². The van der Waals surface area contributed by atoms with E-state index in [1.54, 1.807) is 16.2 Å². The molecule has 0 atom stereocenters. The summed E-state index contributed by atoms with van der Waals surface area (Å²) in [4.78, 5) is 51.7. The van der Waals surface area contributed by atoms with Gasteiger partial charge in [0.25, 0.3) is 17.0 Å². The highest BCUT2D eigenvalue weighted by Crippen LogP contribution is 2.33. The van der Waals surface area contributed by atoms with E-state index in [9.17, 15) is 14.4 Å². The summed E-state index contributed by atoms with van der Waals surface area (Å²) in [6.07, 6.45) is 6.14. The standard InChI is InChI=1S/C24H30N6O3S/c1-2-3-10-30-20(31)9-8-17(27-30)24(33)29-13-11-28(12-14-29)15-19-25-22(32)21-16-6-4-5-7-18(16)34-23(21)26-19/h8-9H,2-7,10-15H2,1H3,(H,25,26,32). The molecule has 3 aromatic heterocycles. The Morgan fingerprint density at radius 3 is 2.71 bits per heavy atom. The number of hydrogen-bond acceptors (Lipinski definition) is 7. The van der Waals surface area contributed by atoms with Crippen molar-refractivity contribution < 1.29 is 4.79 Å². The van der Waals surface area contributed by atoms with Crippen molar-refractivity contribution in [2.45, 2.75) is 58.5 Å². The third-order valence-electron chi connectivity index (χ3n) is 6.72. The van der Waals surface area contributed by atoms with E-state index in [-0.39, 0.29) is 17.0 Å². The van der Waals surface area contributed by atoms with Crippen LogP contribution in [0.3, 0.4) is 0 Å². The highest BCUT2D eigenvalue weighted by atomic mass is 32.1. The Balaban J connectivity index is 1.23. The highest BCUT2D eigenvalue weighted by molar-refractivity contribution is 7.18. The maximum atomic E-state index is 13.0. The molecule has 4 heterocycles. The number of fused-ring (bicyclic) bond motifs is 3. The molecule has 0 bridgehead atoms. The minimum atomic E-state index is -0.181. The number of nitrogens with zero attached hydrogens (tertiary/aromatic N) is 5. The lowest BCUT2D eigenvalue weighted by Gasteiger charge is -2.34. The second-order valence-electron chi connectivity index (χ2n) is 9.11. The first-order valence-corrected chi connectivity index (χ1v) is 13.0. The number of aryl methyl sites for hydroxylation is 3. The van der Waals surface area contributed by atoms with E-state index in [0.29, 0.717) is 50.8 Å². The van der Waals surface area contributed by atoms with Gasteiger partial charge in [-0.25, -0.2) is 9.67 Å². The van der Waals surface area contributed by atoms with Crippen molar-refractivity contribution in [1.29, 1.82) is 0 Å². The van der Waals surface area contributed by atoms with Crippen molar-refractivity contribution >= 4 is 27.5 Å². The smallest absolute Gasteiger partial charge is 0.274 e. The number of unbranched alkanes of at least 4 members (excludes halogenated alkanes) is 1. The van der Waals surface area contributed by atoms with Gasteiger partial charge in [0.2, 0.25) is 0 Å². The maximum Gasteiger partial charge on any atom is 0.274 e. The number of aromatic nitrogens is 4. The fourth-order valence-electron chi connectivity index (χ4n) is 4.80. The normalized spacial score (nSPS) is 16.7. The van der Waals surface area contributed by atoms with Gasteiger partial charge in [0.1, 0.15) is 16.3 Å². The Bertz CT molecular complexity index is 1320. The number of carbonyl (C=O) groups is 1. The quantitative estimate of drug-likeness (QED) is 0.578. The third-order valence-corrected chi connectivity index (χ3v) is 7.90. The second kappa shape index (κ2) is 9.79. The summed E-state index contributed by atoms with van der Waals surface area (Å²) < 4.78 is 1.38. The van der Waals surface area contributed by atoms with Crippen molar-refractivity contribution in [3.8, 4) is 0 Å². The number of carbonyl (C=O) groups excluding carboxylic acids is 1. The van der Waals surface area contributed by atoms with Gasteiger partial charge < -0.3 is 9.88 Å². The van der Waals surface area contributed by atoms with Crippen LogP contribution in [0.4, 0.5) is 0 Å². The number of rotatable bonds is 6. The molecule has 0 spiro atoms. The first-order valence-electron chi connectivity index (χ1n) is 12.2. The molecule has 1 N–H and O–H groups in total. The SMILES string of the molecule is CCCCn1nc(C(=O)N2CCN(Cc3nc4sc5c(c4c(=O)[nH]3)CCCC5)CC2)ccc1=O. The van der Waals surface area contributed by atoms with E-state index in [1.165, 1.54) is 33.7 Å². The van der Waals surface area contributed by atoms with Gasteiger partial charge in [0.05, 0.1) is 11.9 Å². The van der Waals surface area contributed by atoms with Crippen LogP contribution in [0, 0.1) is 0 Å². The molecule has 0 unspecified atom stereocenters. The molecule has 180 valence electrons. The summed E-state index contributed by atoms with van der Waals surface area (Å²) in [6.45, 7) is 5.62. The molecule has 0 saturated carbocycles. The van der Waals surface area contributed by atoms with Gasteiger partial charge in [0, 0.05) is 43.7 Å². The van der Waals surface area contributed by atoms with Crippen LogP contribution in [0.15, 0.2) is 21.7 Å². The Kier molecular flexibility index (Phi) is 6.60. The molecule has 1 saturated heterocycles. The summed E-state index contributed by atoms with van der Waals surface area (Å²) in [5, 5.41) is 5.07. The molecule has 1 amide bonds. The number of thiophene rings is 1. The fourth-order valence-corrected chi connectivity index (χ4v) is 6.08. The van der Waals surface area contributed by atoms with E-state index in [2.05, 4.69) is 21.9 Å². The van der Waals surface area contributed by atoms with Gasteiger partial charge in [-0.05, 0) is 43.7 Å². The fraction of sp³-hybridized carbons (Fsp3) is 0.542. The van der Waals surface area contributed by atoms with Gasteiger partial charge in [0.15, 0.2) is 0 Å². The molecule has 3 aromatic rings. The van der Waals surface area contributed by atoms with Crippen LogP contribution in [0.5, 0.6) is 0 Å². The largest absolute Gasteiger partial charge is 0.335 e. The number of amides is 1. The molecule has 9 nitrogen and oxygen atoms in total. The highest BCUT2D eigenvalue weighted by Gasteiger charge is 2.25. The summed E-state index contributed by atoms with van der Waals surface area (Å²) in [7, 11) is 0. The first kappa shape index (κ1) is 22.9. The van der Waals surface area contributed by atoms with Gasteiger partial charge in [-0.15, -0.1) is 11.3 Å². The molecule has 0 aromatic carbocycles. The average Bonchev–Trinajstić information content (AvgIpc) is 3.22. The van der Waals surface area contributed by atoms with Crippen LogP contribution < -0.4 is 11.1 Å². The molecule has 2 aliphatic rings. The molecule has 0 radical (unpaired) electrons. The van der Waals surface area contributed by atoms with Crippen molar-refractivity contribution in [1.82, 2.24) is 29.5 Å². The molecule has 10 heteroatoms. The van der Waals surface area contributed by atoms with Gasteiger partial charge >= 0.3 is 0 Å². The van der Waals surface area contributed by atoms with Crippen LogP contribution in [0.25, 0.3) is 10.2 Å². The van der Waals surface area contributed by atoms with Gasteiger partial charge in [-0.3, -0.25) is 19.3 Å².